The number of halogens is 1. The van der Waals surface area contributed by atoms with Crippen LogP contribution in [-0.2, 0) is 17.8 Å². The lowest BCUT2D eigenvalue weighted by atomic mass is 10.1. The Balaban J connectivity index is 1.90. The molecule has 4 heteroatoms. The van der Waals surface area contributed by atoms with E-state index in [0.717, 1.165) is 5.56 Å². The summed E-state index contributed by atoms with van der Waals surface area (Å²) in [5.41, 5.74) is 1.65. The standard InChI is InChI=1S/C16H16FNO2/c1-20-15-8-7-13(9-14(15)17)10-16(19)18-11-12-5-3-2-4-6-12/h2-9H,10-11H2,1H3,(H,18,19). The minimum Gasteiger partial charge on any atom is -0.494 e. The first-order valence-corrected chi connectivity index (χ1v) is 6.32. The van der Waals surface area contributed by atoms with Crippen molar-refractivity contribution < 1.29 is 13.9 Å². The van der Waals surface area contributed by atoms with Crippen molar-refractivity contribution >= 4 is 5.91 Å². The second kappa shape index (κ2) is 6.70. The molecule has 1 N–H and O–H groups in total. The van der Waals surface area contributed by atoms with Crippen molar-refractivity contribution in [1.82, 2.24) is 5.32 Å². The topological polar surface area (TPSA) is 38.3 Å². The van der Waals surface area contributed by atoms with E-state index in [-0.39, 0.29) is 18.1 Å². The van der Waals surface area contributed by atoms with Crippen LogP contribution >= 0.6 is 0 Å². The molecule has 0 saturated carbocycles. The lowest BCUT2D eigenvalue weighted by Crippen LogP contribution is -2.24. The molecule has 0 aromatic heterocycles. The number of carbonyl (C=O) groups excluding carboxylic acids is 1. The molecule has 0 unspecified atom stereocenters. The summed E-state index contributed by atoms with van der Waals surface area (Å²) in [7, 11) is 1.41. The van der Waals surface area contributed by atoms with Gasteiger partial charge in [-0.2, -0.15) is 0 Å². The fourth-order valence-electron chi connectivity index (χ4n) is 1.86. The molecule has 0 atom stereocenters. The third kappa shape index (κ3) is 3.82. The summed E-state index contributed by atoms with van der Waals surface area (Å²) in [6, 6.07) is 14.2. The average molecular weight is 273 g/mol. The minimum absolute atomic E-state index is 0.140. The Hall–Kier alpha value is -2.36. The van der Waals surface area contributed by atoms with E-state index in [2.05, 4.69) is 5.32 Å². The van der Waals surface area contributed by atoms with Gasteiger partial charge in [0.25, 0.3) is 0 Å². The van der Waals surface area contributed by atoms with Crippen LogP contribution in [0.15, 0.2) is 48.5 Å². The highest BCUT2D eigenvalue weighted by Gasteiger charge is 2.07. The van der Waals surface area contributed by atoms with Crippen LogP contribution in [-0.4, -0.2) is 13.0 Å². The normalized spacial score (nSPS) is 10.1. The van der Waals surface area contributed by atoms with Gasteiger partial charge in [0.1, 0.15) is 0 Å². The van der Waals surface area contributed by atoms with Gasteiger partial charge in [0.05, 0.1) is 13.5 Å². The quantitative estimate of drug-likeness (QED) is 0.909. The molecule has 2 aromatic rings. The molecule has 0 radical (unpaired) electrons. The van der Waals surface area contributed by atoms with Crippen molar-refractivity contribution in [1.29, 1.82) is 0 Å². The van der Waals surface area contributed by atoms with Crippen molar-refractivity contribution in [2.75, 3.05) is 7.11 Å². The minimum atomic E-state index is -0.458. The average Bonchev–Trinajstić information content (AvgIpc) is 2.46. The molecule has 0 bridgehead atoms. The van der Waals surface area contributed by atoms with Gasteiger partial charge in [-0.25, -0.2) is 4.39 Å². The molecular weight excluding hydrogens is 257 g/mol. The predicted octanol–water partition coefficient (Wildman–Crippen LogP) is 2.69. The molecule has 0 aliphatic heterocycles. The van der Waals surface area contributed by atoms with Crippen LogP contribution in [0.25, 0.3) is 0 Å². The van der Waals surface area contributed by atoms with Gasteiger partial charge in [0.2, 0.25) is 5.91 Å². The number of hydrogen-bond donors (Lipinski definition) is 1. The predicted molar refractivity (Wildman–Crippen MR) is 74.9 cm³/mol. The van der Waals surface area contributed by atoms with E-state index in [1.54, 1.807) is 6.07 Å². The molecular formula is C16H16FNO2. The fraction of sp³-hybridized carbons (Fsp3) is 0.188. The number of nitrogens with one attached hydrogen (secondary N) is 1. The van der Waals surface area contributed by atoms with Crippen molar-refractivity contribution in [3.05, 3.63) is 65.5 Å². The molecule has 1 amide bonds. The van der Waals surface area contributed by atoms with Gasteiger partial charge in [-0.15, -0.1) is 0 Å². The Labute approximate surface area is 117 Å². The Morgan fingerprint density at radius 3 is 2.55 bits per heavy atom. The van der Waals surface area contributed by atoms with E-state index in [9.17, 15) is 9.18 Å². The van der Waals surface area contributed by atoms with Gasteiger partial charge in [-0.05, 0) is 23.3 Å². The van der Waals surface area contributed by atoms with Crippen LogP contribution in [0, 0.1) is 5.82 Å². The summed E-state index contributed by atoms with van der Waals surface area (Å²) in [5, 5.41) is 2.80. The number of benzene rings is 2. The van der Waals surface area contributed by atoms with Crippen molar-refractivity contribution in [3.8, 4) is 5.75 Å². The highest BCUT2D eigenvalue weighted by molar-refractivity contribution is 5.78. The van der Waals surface area contributed by atoms with E-state index < -0.39 is 5.82 Å². The maximum absolute atomic E-state index is 13.5. The highest BCUT2D eigenvalue weighted by atomic mass is 19.1. The van der Waals surface area contributed by atoms with Gasteiger partial charge in [-0.1, -0.05) is 36.4 Å². The molecule has 0 aliphatic rings. The van der Waals surface area contributed by atoms with E-state index in [1.165, 1.54) is 19.2 Å². The molecule has 104 valence electrons. The van der Waals surface area contributed by atoms with Gasteiger partial charge in [0, 0.05) is 6.54 Å². The summed E-state index contributed by atoms with van der Waals surface area (Å²) >= 11 is 0. The van der Waals surface area contributed by atoms with Crippen LogP contribution < -0.4 is 10.1 Å². The lowest BCUT2D eigenvalue weighted by molar-refractivity contribution is -0.120. The first-order valence-electron chi connectivity index (χ1n) is 6.32. The summed E-state index contributed by atoms with van der Waals surface area (Å²) in [6.07, 6.45) is 0.147. The zero-order valence-corrected chi connectivity index (χ0v) is 11.2. The molecule has 0 fully saturated rings. The molecule has 0 saturated heterocycles. The maximum Gasteiger partial charge on any atom is 0.224 e. The Morgan fingerprint density at radius 2 is 1.90 bits per heavy atom. The monoisotopic (exact) mass is 273 g/mol. The number of rotatable bonds is 5. The SMILES string of the molecule is COc1ccc(CC(=O)NCc2ccccc2)cc1F. The van der Waals surface area contributed by atoms with Gasteiger partial charge in [0.15, 0.2) is 11.6 Å². The zero-order chi connectivity index (χ0) is 14.4. The molecule has 3 nitrogen and oxygen atoms in total. The summed E-state index contributed by atoms with van der Waals surface area (Å²) in [6.45, 7) is 0.471. The van der Waals surface area contributed by atoms with Crippen LogP contribution in [0.4, 0.5) is 4.39 Å². The first kappa shape index (κ1) is 14.1. The van der Waals surface area contributed by atoms with Crippen LogP contribution in [0.3, 0.4) is 0 Å². The maximum atomic E-state index is 13.5. The molecule has 0 aliphatic carbocycles. The third-order valence-electron chi connectivity index (χ3n) is 2.91. The third-order valence-corrected chi connectivity index (χ3v) is 2.91. The van der Waals surface area contributed by atoms with E-state index in [1.807, 2.05) is 30.3 Å². The largest absolute Gasteiger partial charge is 0.494 e. The summed E-state index contributed by atoms with van der Waals surface area (Å²) < 4.78 is 18.3. The molecule has 0 spiro atoms. The smallest absolute Gasteiger partial charge is 0.224 e. The summed E-state index contributed by atoms with van der Waals surface area (Å²) in [5.74, 6) is -0.419. The Morgan fingerprint density at radius 1 is 1.15 bits per heavy atom. The van der Waals surface area contributed by atoms with Crippen molar-refractivity contribution in [2.45, 2.75) is 13.0 Å². The van der Waals surface area contributed by atoms with E-state index in [0.29, 0.717) is 12.1 Å². The number of carbonyl (C=O) groups is 1. The number of ether oxygens (including phenoxy) is 1. The molecule has 20 heavy (non-hydrogen) atoms. The van der Waals surface area contributed by atoms with E-state index >= 15 is 0 Å². The van der Waals surface area contributed by atoms with Crippen molar-refractivity contribution in [3.63, 3.8) is 0 Å². The van der Waals surface area contributed by atoms with Gasteiger partial charge < -0.3 is 10.1 Å². The molecule has 0 heterocycles. The second-order valence-corrected chi connectivity index (χ2v) is 4.41. The Kier molecular flexibility index (Phi) is 4.71. The van der Waals surface area contributed by atoms with Crippen LogP contribution in [0.2, 0.25) is 0 Å². The van der Waals surface area contributed by atoms with Crippen LogP contribution in [0.5, 0.6) is 5.75 Å². The number of amides is 1. The zero-order valence-electron chi connectivity index (χ0n) is 11.2. The fourth-order valence-corrected chi connectivity index (χ4v) is 1.86. The van der Waals surface area contributed by atoms with Gasteiger partial charge >= 0.3 is 0 Å². The Bertz CT molecular complexity index is 584. The number of hydrogen-bond acceptors (Lipinski definition) is 2. The molecule has 2 aromatic carbocycles. The molecule has 2 rings (SSSR count). The second-order valence-electron chi connectivity index (χ2n) is 4.41. The van der Waals surface area contributed by atoms with Gasteiger partial charge in [-0.3, -0.25) is 4.79 Å². The van der Waals surface area contributed by atoms with Crippen LogP contribution in [0.1, 0.15) is 11.1 Å². The lowest BCUT2D eigenvalue weighted by Gasteiger charge is -2.07. The number of methoxy groups -OCH3 is 1. The van der Waals surface area contributed by atoms with E-state index in [4.69, 9.17) is 4.74 Å². The first-order chi connectivity index (χ1) is 9.69. The summed E-state index contributed by atoms with van der Waals surface area (Å²) in [4.78, 5) is 11.8. The van der Waals surface area contributed by atoms with Crippen molar-refractivity contribution in [2.24, 2.45) is 0 Å². The highest BCUT2D eigenvalue weighted by Crippen LogP contribution is 2.17.